The average molecular weight is 431 g/mol. The van der Waals surface area contributed by atoms with E-state index >= 15 is 0 Å². The molecule has 2 aromatic heterocycles. The Morgan fingerprint density at radius 3 is 2.41 bits per heavy atom. The molecule has 4 aromatic rings. The first-order chi connectivity index (χ1) is 15.4. The van der Waals surface area contributed by atoms with Gasteiger partial charge in [0.05, 0.1) is 17.5 Å². The van der Waals surface area contributed by atoms with Crippen LogP contribution in [-0.4, -0.2) is 16.4 Å². The Labute approximate surface area is 184 Å². The third kappa shape index (κ3) is 4.32. The third-order valence-electron chi connectivity index (χ3n) is 5.18. The van der Waals surface area contributed by atoms with Gasteiger partial charge in [-0.3, -0.25) is 9.59 Å². The molecule has 0 aliphatic carbocycles. The lowest BCUT2D eigenvalue weighted by Crippen LogP contribution is -2.23. The van der Waals surface area contributed by atoms with Crippen molar-refractivity contribution in [3.63, 3.8) is 0 Å². The number of hydrogen-bond acceptors (Lipinski definition) is 3. The number of furan rings is 1. The van der Waals surface area contributed by atoms with Gasteiger partial charge in [0.15, 0.2) is 5.76 Å². The summed E-state index contributed by atoms with van der Waals surface area (Å²) in [4.78, 5) is 24.8. The van der Waals surface area contributed by atoms with Gasteiger partial charge in [0.1, 0.15) is 5.82 Å². The molecule has 0 spiro atoms. The number of carbonyl (C=O) groups is 2. The minimum absolute atomic E-state index is 0.231. The number of rotatable bonds is 6. The molecule has 0 saturated carbocycles. The van der Waals surface area contributed by atoms with E-state index in [0.29, 0.717) is 29.2 Å². The second kappa shape index (κ2) is 8.93. The Morgan fingerprint density at radius 2 is 1.72 bits per heavy atom. The molecule has 6 nitrogen and oxygen atoms in total. The summed E-state index contributed by atoms with van der Waals surface area (Å²) in [7, 11) is 0. The zero-order valence-corrected chi connectivity index (χ0v) is 17.7. The molecule has 2 heterocycles. The molecule has 0 aliphatic rings. The molecule has 0 radical (unpaired) electrons. The van der Waals surface area contributed by atoms with Crippen molar-refractivity contribution < 1.29 is 18.4 Å². The maximum atomic E-state index is 14.3. The molecule has 2 amide bonds. The van der Waals surface area contributed by atoms with E-state index in [9.17, 15) is 14.0 Å². The highest BCUT2D eigenvalue weighted by atomic mass is 19.1. The van der Waals surface area contributed by atoms with Crippen LogP contribution in [0.25, 0.3) is 5.69 Å². The lowest BCUT2D eigenvalue weighted by atomic mass is 10.2. The number of benzene rings is 2. The van der Waals surface area contributed by atoms with Crippen LogP contribution in [0.4, 0.5) is 10.1 Å². The molecular formula is C25H22FN3O3. The van der Waals surface area contributed by atoms with Gasteiger partial charge < -0.3 is 19.6 Å². The number of nitrogens with one attached hydrogen (secondary N) is 2. The van der Waals surface area contributed by atoms with Crippen LogP contribution in [-0.2, 0) is 6.54 Å². The van der Waals surface area contributed by atoms with Crippen LogP contribution in [0.2, 0.25) is 0 Å². The van der Waals surface area contributed by atoms with E-state index in [1.54, 1.807) is 60.0 Å². The fourth-order valence-electron chi connectivity index (χ4n) is 3.58. The van der Waals surface area contributed by atoms with Crippen LogP contribution in [0, 0.1) is 19.7 Å². The minimum atomic E-state index is -0.347. The summed E-state index contributed by atoms with van der Waals surface area (Å²) in [6.45, 7) is 3.95. The molecule has 162 valence electrons. The Hall–Kier alpha value is -4.13. The summed E-state index contributed by atoms with van der Waals surface area (Å²) >= 11 is 0. The molecule has 2 aromatic carbocycles. The fourth-order valence-corrected chi connectivity index (χ4v) is 3.58. The fraction of sp³-hybridized carbons (Fsp3) is 0.120. The van der Waals surface area contributed by atoms with Crippen molar-refractivity contribution in [3.8, 4) is 5.69 Å². The SMILES string of the molecule is Cc1cc(C(=O)NCc2ccc(NC(=O)c3ccco3)cc2)c(C)n1-c1ccccc1F. The van der Waals surface area contributed by atoms with E-state index in [-0.39, 0.29) is 23.4 Å². The maximum absolute atomic E-state index is 14.3. The minimum Gasteiger partial charge on any atom is -0.459 e. The molecule has 2 N–H and O–H groups in total. The molecule has 0 bridgehead atoms. The number of nitrogens with zero attached hydrogens (tertiary/aromatic N) is 1. The van der Waals surface area contributed by atoms with Crippen LogP contribution in [0.5, 0.6) is 0 Å². The lowest BCUT2D eigenvalue weighted by Gasteiger charge is -2.11. The topological polar surface area (TPSA) is 76.3 Å². The maximum Gasteiger partial charge on any atom is 0.291 e. The summed E-state index contributed by atoms with van der Waals surface area (Å²) in [6, 6.07) is 18.6. The van der Waals surface area contributed by atoms with Gasteiger partial charge in [-0.25, -0.2) is 4.39 Å². The first kappa shape index (κ1) is 21.1. The van der Waals surface area contributed by atoms with Gasteiger partial charge in [0, 0.05) is 23.6 Å². The van der Waals surface area contributed by atoms with Crippen LogP contribution >= 0.6 is 0 Å². The molecule has 0 unspecified atom stereocenters. The number of hydrogen-bond donors (Lipinski definition) is 2. The summed E-state index contributed by atoms with van der Waals surface area (Å²) in [5, 5.41) is 5.64. The van der Waals surface area contributed by atoms with Gasteiger partial charge >= 0.3 is 0 Å². The number of aromatic nitrogens is 1. The van der Waals surface area contributed by atoms with Gasteiger partial charge in [-0.1, -0.05) is 24.3 Å². The third-order valence-corrected chi connectivity index (χ3v) is 5.18. The Bertz CT molecular complexity index is 1260. The van der Waals surface area contributed by atoms with Crippen LogP contribution in [0.3, 0.4) is 0 Å². The normalized spacial score (nSPS) is 10.7. The predicted octanol–water partition coefficient (Wildman–Crippen LogP) is 5.01. The number of anilines is 1. The Kier molecular flexibility index (Phi) is 5.89. The van der Waals surface area contributed by atoms with E-state index < -0.39 is 0 Å². The first-order valence-corrected chi connectivity index (χ1v) is 10.1. The summed E-state index contributed by atoms with van der Waals surface area (Å²) in [5.41, 5.74) is 3.84. The van der Waals surface area contributed by atoms with Crippen molar-refractivity contribution in [2.75, 3.05) is 5.32 Å². The second-order valence-electron chi connectivity index (χ2n) is 7.38. The van der Waals surface area contributed by atoms with E-state index in [1.165, 1.54) is 12.3 Å². The van der Waals surface area contributed by atoms with E-state index in [4.69, 9.17) is 4.42 Å². The van der Waals surface area contributed by atoms with Crippen molar-refractivity contribution in [1.29, 1.82) is 0 Å². The molecule has 7 heteroatoms. The molecule has 0 fully saturated rings. The number of halogens is 1. The van der Waals surface area contributed by atoms with Crippen LogP contribution in [0.15, 0.2) is 77.4 Å². The zero-order chi connectivity index (χ0) is 22.7. The van der Waals surface area contributed by atoms with Gasteiger partial charge in [-0.15, -0.1) is 0 Å². The van der Waals surface area contributed by atoms with Gasteiger partial charge in [-0.2, -0.15) is 0 Å². The Morgan fingerprint density at radius 1 is 0.969 bits per heavy atom. The molecule has 4 rings (SSSR count). The van der Waals surface area contributed by atoms with Crippen molar-refractivity contribution in [2.45, 2.75) is 20.4 Å². The largest absolute Gasteiger partial charge is 0.459 e. The second-order valence-corrected chi connectivity index (χ2v) is 7.38. The van der Waals surface area contributed by atoms with Crippen molar-refractivity contribution in [1.82, 2.24) is 9.88 Å². The number of carbonyl (C=O) groups excluding carboxylic acids is 2. The van der Waals surface area contributed by atoms with Crippen molar-refractivity contribution in [2.24, 2.45) is 0 Å². The van der Waals surface area contributed by atoms with Crippen LogP contribution < -0.4 is 10.6 Å². The number of aryl methyl sites for hydroxylation is 1. The van der Waals surface area contributed by atoms with Crippen molar-refractivity contribution >= 4 is 17.5 Å². The summed E-state index contributed by atoms with van der Waals surface area (Å²) < 4.78 is 21.1. The monoisotopic (exact) mass is 431 g/mol. The predicted molar refractivity (Wildman–Crippen MR) is 119 cm³/mol. The van der Waals surface area contributed by atoms with E-state index in [0.717, 1.165) is 11.3 Å². The summed E-state index contributed by atoms with van der Waals surface area (Å²) in [6.07, 6.45) is 1.44. The van der Waals surface area contributed by atoms with Crippen LogP contribution in [0.1, 0.15) is 37.9 Å². The standard InChI is InChI=1S/C25H22FN3O3/c1-16-14-20(17(2)29(16)22-7-4-3-6-21(22)26)24(30)27-15-18-9-11-19(12-10-18)28-25(31)23-8-5-13-32-23/h3-14H,15H2,1-2H3,(H,27,30)(H,28,31). The quantitative estimate of drug-likeness (QED) is 0.451. The van der Waals surface area contributed by atoms with E-state index in [1.807, 2.05) is 19.1 Å². The highest BCUT2D eigenvalue weighted by Gasteiger charge is 2.18. The smallest absolute Gasteiger partial charge is 0.291 e. The van der Waals surface area contributed by atoms with Gasteiger partial charge in [0.25, 0.3) is 11.8 Å². The molecule has 32 heavy (non-hydrogen) atoms. The Balaban J connectivity index is 1.41. The molecule has 0 aliphatic heterocycles. The molecule has 0 saturated heterocycles. The number of amides is 2. The molecule has 0 atom stereocenters. The zero-order valence-electron chi connectivity index (χ0n) is 17.7. The van der Waals surface area contributed by atoms with Gasteiger partial charge in [0.2, 0.25) is 0 Å². The highest BCUT2D eigenvalue weighted by Crippen LogP contribution is 2.23. The summed E-state index contributed by atoms with van der Waals surface area (Å²) in [5.74, 6) is -0.688. The van der Waals surface area contributed by atoms with E-state index in [2.05, 4.69) is 10.6 Å². The van der Waals surface area contributed by atoms with Gasteiger partial charge in [-0.05, 0) is 61.9 Å². The molecular weight excluding hydrogens is 409 g/mol. The number of para-hydroxylation sites is 1. The lowest BCUT2D eigenvalue weighted by molar-refractivity contribution is 0.0949. The first-order valence-electron chi connectivity index (χ1n) is 10.1. The van der Waals surface area contributed by atoms with Crippen molar-refractivity contribution in [3.05, 3.63) is 107 Å². The highest BCUT2D eigenvalue weighted by molar-refractivity contribution is 6.02. The average Bonchev–Trinajstić information content (AvgIpc) is 3.42.